The van der Waals surface area contributed by atoms with Crippen LogP contribution in [0.4, 0.5) is 9.18 Å². The lowest BCUT2D eigenvalue weighted by molar-refractivity contribution is -0.132. The normalized spacial score (nSPS) is 19.5. The number of aryl methyl sites for hydroxylation is 1. The molecule has 30 heavy (non-hydrogen) atoms. The number of carbonyl (C=O) groups excluding carboxylic acids is 3. The molecule has 0 atom stereocenters. The average molecular weight is 409 g/mol. The summed E-state index contributed by atoms with van der Waals surface area (Å²) < 4.78 is 15.2. The van der Waals surface area contributed by atoms with E-state index in [0.29, 0.717) is 5.56 Å². The lowest BCUT2D eigenvalue weighted by Crippen LogP contribution is -2.58. The molecule has 2 fully saturated rings. The molecule has 2 aliphatic rings. The van der Waals surface area contributed by atoms with Crippen molar-refractivity contribution in [1.82, 2.24) is 14.8 Å². The van der Waals surface area contributed by atoms with Gasteiger partial charge in [0.05, 0.1) is 0 Å². The first-order chi connectivity index (χ1) is 14.4. The summed E-state index contributed by atoms with van der Waals surface area (Å²) in [6.45, 7) is 3.77. The standard InChI is InChI=1S/C23H24FN3O3/c1-14-12-16(15(2)26(14)19-10-8-17(24)9-11-19)13-20-21(28)25-23(30)27(22(20)29)18-6-4-3-5-7-18/h8-13,18H,3-7H2,1-2H3,(H,25,28,30)/b20-13+. The number of barbiturate groups is 1. The Morgan fingerprint density at radius 2 is 1.70 bits per heavy atom. The third kappa shape index (κ3) is 3.56. The molecule has 4 amide bonds. The van der Waals surface area contributed by atoms with Crippen LogP contribution in [0.5, 0.6) is 0 Å². The van der Waals surface area contributed by atoms with E-state index in [1.807, 2.05) is 24.5 Å². The second-order valence-corrected chi connectivity index (χ2v) is 7.92. The van der Waals surface area contributed by atoms with Crippen molar-refractivity contribution in [3.05, 3.63) is 58.7 Å². The molecule has 0 radical (unpaired) electrons. The molecule has 2 heterocycles. The van der Waals surface area contributed by atoms with Crippen LogP contribution in [0, 0.1) is 19.7 Å². The number of hydrogen-bond donors (Lipinski definition) is 1. The molecule has 7 heteroatoms. The van der Waals surface area contributed by atoms with E-state index in [-0.39, 0.29) is 17.4 Å². The van der Waals surface area contributed by atoms with Crippen LogP contribution >= 0.6 is 0 Å². The van der Waals surface area contributed by atoms with Crippen molar-refractivity contribution in [2.24, 2.45) is 0 Å². The minimum absolute atomic E-state index is 0.0421. The molecule has 1 saturated heterocycles. The summed E-state index contributed by atoms with van der Waals surface area (Å²) in [5, 5.41) is 2.32. The Hall–Kier alpha value is -3.22. The topological polar surface area (TPSA) is 71.4 Å². The zero-order chi connectivity index (χ0) is 21.4. The zero-order valence-corrected chi connectivity index (χ0v) is 17.1. The van der Waals surface area contributed by atoms with Gasteiger partial charge in [0, 0.05) is 23.1 Å². The first-order valence-electron chi connectivity index (χ1n) is 10.2. The number of nitrogens with one attached hydrogen (secondary N) is 1. The number of benzene rings is 1. The van der Waals surface area contributed by atoms with Crippen LogP contribution in [0.2, 0.25) is 0 Å². The quantitative estimate of drug-likeness (QED) is 0.615. The summed E-state index contributed by atoms with van der Waals surface area (Å²) in [5.74, 6) is -1.54. The predicted molar refractivity (Wildman–Crippen MR) is 110 cm³/mol. The number of halogens is 1. The number of imide groups is 2. The first kappa shape index (κ1) is 20.1. The number of hydrogen-bond acceptors (Lipinski definition) is 3. The minimum Gasteiger partial charge on any atom is -0.318 e. The molecule has 1 N–H and O–H groups in total. The fourth-order valence-electron chi connectivity index (χ4n) is 4.42. The summed E-state index contributed by atoms with van der Waals surface area (Å²) in [4.78, 5) is 39.1. The Kier molecular flexibility index (Phi) is 5.28. The van der Waals surface area contributed by atoms with Gasteiger partial charge in [0.25, 0.3) is 11.8 Å². The van der Waals surface area contributed by atoms with Crippen molar-refractivity contribution in [3.8, 4) is 5.69 Å². The highest BCUT2D eigenvalue weighted by molar-refractivity contribution is 6.31. The van der Waals surface area contributed by atoms with Crippen molar-refractivity contribution < 1.29 is 18.8 Å². The molecule has 2 aromatic rings. The van der Waals surface area contributed by atoms with Crippen molar-refractivity contribution in [2.75, 3.05) is 0 Å². The molecule has 1 aromatic heterocycles. The number of nitrogens with zero attached hydrogens (tertiary/aromatic N) is 2. The van der Waals surface area contributed by atoms with Crippen LogP contribution in [0.15, 0.2) is 35.9 Å². The van der Waals surface area contributed by atoms with Crippen LogP contribution in [0.25, 0.3) is 11.8 Å². The van der Waals surface area contributed by atoms with Gasteiger partial charge in [-0.15, -0.1) is 0 Å². The van der Waals surface area contributed by atoms with E-state index in [4.69, 9.17) is 0 Å². The molecule has 0 spiro atoms. The van der Waals surface area contributed by atoms with E-state index in [2.05, 4.69) is 5.32 Å². The highest BCUT2D eigenvalue weighted by atomic mass is 19.1. The maximum Gasteiger partial charge on any atom is 0.331 e. The van der Waals surface area contributed by atoms with Gasteiger partial charge in [0.15, 0.2) is 0 Å². The Morgan fingerprint density at radius 1 is 1.03 bits per heavy atom. The van der Waals surface area contributed by atoms with Crippen LogP contribution in [0.1, 0.15) is 49.1 Å². The highest BCUT2D eigenvalue weighted by Crippen LogP contribution is 2.28. The minimum atomic E-state index is -0.677. The Balaban J connectivity index is 1.70. The Morgan fingerprint density at radius 3 is 2.37 bits per heavy atom. The molecular formula is C23H24FN3O3. The van der Waals surface area contributed by atoms with Gasteiger partial charge in [-0.2, -0.15) is 0 Å². The van der Waals surface area contributed by atoms with E-state index in [1.165, 1.54) is 17.0 Å². The number of carbonyl (C=O) groups is 3. The van der Waals surface area contributed by atoms with Crippen molar-refractivity contribution >= 4 is 23.9 Å². The van der Waals surface area contributed by atoms with Gasteiger partial charge < -0.3 is 4.57 Å². The molecule has 0 bridgehead atoms. The fourth-order valence-corrected chi connectivity index (χ4v) is 4.42. The van der Waals surface area contributed by atoms with Gasteiger partial charge >= 0.3 is 6.03 Å². The Bertz CT molecular complexity index is 1050. The van der Waals surface area contributed by atoms with Gasteiger partial charge in [-0.1, -0.05) is 19.3 Å². The summed E-state index contributed by atoms with van der Waals surface area (Å²) in [6.07, 6.45) is 6.10. The molecule has 4 rings (SSSR count). The van der Waals surface area contributed by atoms with Gasteiger partial charge in [0.1, 0.15) is 11.4 Å². The monoisotopic (exact) mass is 409 g/mol. The summed E-state index contributed by atoms with van der Waals surface area (Å²) in [7, 11) is 0. The molecule has 1 aliphatic carbocycles. The molecule has 0 unspecified atom stereocenters. The highest BCUT2D eigenvalue weighted by Gasteiger charge is 2.40. The number of urea groups is 1. The second-order valence-electron chi connectivity index (χ2n) is 7.92. The van der Waals surface area contributed by atoms with Crippen LogP contribution in [-0.4, -0.2) is 33.4 Å². The lowest BCUT2D eigenvalue weighted by atomic mass is 9.93. The van der Waals surface area contributed by atoms with Crippen LogP contribution in [0.3, 0.4) is 0 Å². The number of amides is 4. The number of aromatic nitrogens is 1. The SMILES string of the molecule is Cc1cc(/C=C2\C(=O)NC(=O)N(C3CCCCC3)C2=O)c(C)n1-c1ccc(F)cc1. The largest absolute Gasteiger partial charge is 0.331 e. The van der Waals surface area contributed by atoms with Gasteiger partial charge in [0.2, 0.25) is 0 Å². The molecule has 156 valence electrons. The predicted octanol–water partition coefficient (Wildman–Crippen LogP) is 4.03. The van der Waals surface area contributed by atoms with Gasteiger partial charge in [-0.25, -0.2) is 9.18 Å². The smallest absolute Gasteiger partial charge is 0.318 e. The summed E-state index contributed by atoms with van der Waals surface area (Å²) in [6, 6.07) is 7.19. The number of rotatable bonds is 3. The zero-order valence-electron chi connectivity index (χ0n) is 17.1. The lowest BCUT2D eigenvalue weighted by Gasteiger charge is -2.35. The van der Waals surface area contributed by atoms with E-state index in [9.17, 15) is 18.8 Å². The average Bonchev–Trinajstić information content (AvgIpc) is 3.00. The molecule has 1 aromatic carbocycles. The second kappa shape index (κ2) is 7.89. The van der Waals surface area contributed by atoms with E-state index >= 15 is 0 Å². The van der Waals surface area contributed by atoms with Crippen molar-refractivity contribution in [1.29, 1.82) is 0 Å². The van der Waals surface area contributed by atoms with Gasteiger partial charge in [-0.3, -0.25) is 19.8 Å². The maximum absolute atomic E-state index is 13.3. The molecule has 6 nitrogen and oxygen atoms in total. The fraction of sp³-hybridized carbons (Fsp3) is 0.348. The first-order valence-corrected chi connectivity index (χ1v) is 10.2. The third-order valence-electron chi connectivity index (χ3n) is 5.93. The van der Waals surface area contributed by atoms with Crippen LogP contribution < -0.4 is 5.32 Å². The summed E-state index contributed by atoms with van der Waals surface area (Å²) in [5.41, 5.74) is 3.14. The van der Waals surface area contributed by atoms with Crippen LogP contribution in [-0.2, 0) is 9.59 Å². The van der Waals surface area contributed by atoms with E-state index in [1.54, 1.807) is 18.2 Å². The summed E-state index contributed by atoms with van der Waals surface area (Å²) >= 11 is 0. The Labute approximate surface area is 174 Å². The van der Waals surface area contributed by atoms with E-state index in [0.717, 1.165) is 49.2 Å². The maximum atomic E-state index is 13.3. The molecular weight excluding hydrogens is 385 g/mol. The molecule has 1 aliphatic heterocycles. The molecule has 1 saturated carbocycles. The van der Waals surface area contributed by atoms with E-state index < -0.39 is 17.8 Å². The third-order valence-corrected chi connectivity index (χ3v) is 5.93. The van der Waals surface area contributed by atoms with Gasteiger partial charge in [-0.05, 0) is 68.7 Å². The van der Waals surface area contributed by atoms with Crippen molar-refractivity contribution in [2.45, 2.75) is 52.0 Å². The van der Waals surface area contributed by atoms with Crippen molar-refractivity contribution in [3.63, 3.8) is 0 Å².